The van der Waals surface area contributed by atoms with Gasteiger partial charge in [-0.05, 0) is 24.2 Å². The molecule has 128 valence electrons. The fraction of sp³-hybridized carbons (Fsp3) is 0.286. The highest BCUT2D eigenvalue weighted by Gasteiger charge is 2.28. The van der Waals surface area contributed by atoms with Crippen LogP contribution in [0, 0.1) is 0 Å². The molecule has 0 saturated carbocycles. The molecule has 4 heteroatoms. The highest BCUT2D eigenvalue weighted by atomic mass is 16.2. The number of para-hydroxylation sites is 1. The number of piperazine rings is 1. The highest BCUT2D eigenvalue weighted by molar-refractivity contribution is 5.88. The summed E-state index contributed by atoms with van der Waals surface area (Å²) in [4.78, 5) is 20.5. The highest BCUT2D eigenvalue weighted by Crippen LogP contribution is 2.25. The van der Waals surface area contributed by atoms with Crippen LogP contribution >= 0.6 is 0 Å². The van der Waals surface area contributed by atoms with Crippen LogP contribution < -0.4 is 0 Å². The van der Waals surface area contributed by atoms with E-state index in [-0.39, 0.29) is 11.9 Å². The van der Waals surface area contributed by atoms with Gasteiger partial charge in [-0.3, -0.25) is 9.69 Å². The minimum atomic E-state index is 0.207. The van der Waals surface area contributed by atoms with Crippen LogP contribution in [-0.4, -0.2) is 47.4 Å². The number of rotatable bonds is 3. The number of amides is 1. The van der Waals surface area contributed by atoms with Gasteiger partial charge in [-0.25, -0.2) is 0 Å². The Labute approximate surface area is 148 Å². The molecule has 1 aromatic heterocycles. The fourth-order valence-electron chi connectivity index (χ4n) is 3.69. The molecule has 0 radical (unpaired) electrons. The van der Waals surface area contributed by atoms with Gasteiger partial charge >= 0.3 is 0 Å². The van der Waals surface area contributed by atoms with Crippen molar-refractivity contribution in [3.63, 3.8) is 0 Å². The van der Waals surface area contributed by atoms with Crippen molar-refractivity contribution in [2.45, 2.75) is 12.5 Å². The van der Waals surface area contributed by atoms with Gasteiger partial charge in [0.25, 0.3) is 0 Å². The van der Waals surface area contributed by atoms with Crippen molar-refractivity contribution < 1.29 is 4.79 Å². The summed E-state index contributed by atoms with van der Waals surface area (Å²) < 4.78 is 0. The molecule has 1 aliphatic heterocycles. The standard InChI is InChI=1S/C21H23N3O/c1-23-11-12-24(15-20(23)16-7-3-2-4-8-16)21(25)13-17-14-22-19-10-6-5-9-18(17)19/h2-10,14,20,22H,11-13,15H2,1H3. The quantitative estimate of drug-likeness (QED) is 0.799. The number of benzene rings is 2. The lowest BCUT2D eigenvalue weighted by atomic mass is 10.0. The van der Waals surface area contributed by atoms with E-state index in [0.29, 0.717) is 6.42 Å². The number of likely N-dealkylation sites (N-methyl/N-ethyl adjacent to an activating group) is 1. The van der Waals surface area contributed by atoms with Crippen molar-refractivity contribution in [3.05, 3.63) is 71.9 Å². The minimum absolute atomic E-state index is 0.207. The molecule has 0 bridgehead atoms. The molecule has 25 heavy (non-hydrogen) atoms. The Hall–Kier alpha value is -2.59. The lowest BCUT2D eigenvalue weighted by Crippen LogP contribution is -2.49. The van der Waals surface area contributed by atoms with Gasteiger partial charge in [0.15, 0.2) is 0 Å². The number of carbonyl (C=O) groups excluding carboxylic acids is 1. The lowest BCUT2D eigenvalue weighted by molar-refractivity contribution is -0.133. The van der Waals surface area contributed by atoms with Crippen LogP contribution in [-0.2, 0) is 11.2 Å². The first-order valence-corrected chi connectivity index (χ1v) is 8.80. The minimum Gasteiger partial charge on any atom is -0.361 e. The zero-order valence-electron chi connectivity index (χ0n) is 14.5. The maximum atomic E-state index is 12.9. The maximum Gasteiger partial charge on any atom is 0.227 e. The molecule has 0 spiro atoms. The summed E-state index contributed by atoms with van der Waals surface area (Å²) in [6, 6.07) is 18.9. The predicted octanol–water partition coefficient (Wildman–Crippen LogP) is 3.23. The van der Waals surface area contributed by atoms with Crippen molar-refractivity contribution in [2.75, 3.05) is 26.7 Å². The third-order valence-electron chi connectivity index (χ3n) is 5.20. The molecule has 1 saturated heterocycles. The van der Waals surface area contributed by atoms with Crippen molar-refractivity contribution in [2.24, 2.45) is 0 Å². The van der Waals surface area contributed by atoms with Gasteiger partial charge in [0.1, 0.15) is 0 Å². The Morgan fingerprint density at radius 3 is 2.68 bits per heavy atom. The SMILES string of the molecule is CN1CCN(C(=O)Cc2c[nH]c3ccccc23)CC1c1ccccc1. The Balaban J connectivity index is 1.50. The van der Waals surface area contributed by atoms with Gasteiger partial charge in [-0.15, -0.1) is 0 Å². The number of hydrogen-bond donors (Lipinski definition) is 1. The van der Waals surface area contributed by atoms with Gasteiger partial charge in [0, 0.05) is 36.7 Å². The molecule has 1 amide bonds. The van der Waals surface area contributed by atoms with Gasteiger partial charge in [-0.2, -0.15) is 0 Å². The van der Waals surface area contributed by atoms with Gasteiger partial charge < -0.3 is 9.88 Å². The largest absolute Gasteiger partial charge is 0.361 e. The van der Waals surface area contributed by atoms with Crippen LogP contribution in [0.4, 0.5) is 0 Å². The first-order chi connectivity index (χ1) is 12.2. The molecule has 0 aliphatic carbocycles. The summed E-state index contributed by atoms with van der Waals surface area (Å²) >= 11 is 0. The van der Waals surface area contributed by atoms with E-state index >= 15 is 0 Å². The molecule has 1 unspecified atom stereocenters. The average molecular weight is 333 g/mol. The molecule has 4 nitrogen and oxygen atoms in total. The molecular weight excluding hydrogens is 310 g/mol. The second kappa shape index (κ2) is 6.73. The summed E-state index contributed by atoms with van der Waals surface area (Å²) in [5, 5.41) is 1.14. The maximum absolute atomic E-state index is 12.9. The van der Waals surface area contributed by atoms with Crippen molar-refractivity contribution in [3.8, 4) is 0 Å². The van der Waals surface area contributed by atoms with Crippen LogP contribution in [0.5, 0.6) is 0 Å². The Morgan fingerprint density at radius 2 is 1.84 bits per heavy atom. The van der Waals surface area contributed by atoms with Crippen molar-refractivity contribution >= 4 is 16.8 Å². The second-order valence-electron chi connectivity index (χ2n) is 6.78. The van der Waals surface area contributed by atoms with E-state index < -0.39 is 0 Å². The summed E-state index contributed by atoms with van der Waals surface area (Å²) in [6.07, 6.45) is 2.42. The van der Waals surface area contributed by atoms with Gasteiger partial charge in [0.2, 0.25) is 5.91 Å². The van der Waals surface area contributed by atoms with Crippen LogP contribution in [0.2, 0.25) is 0 Å². The van der Waals surface area contributed by atoms with Crippen LogP contribution in [0.15, 0.2) is 60.8 Å². The fourth-order valence-corrected chi connectivity index (χ4v) is 3.69. The Bertz CT molecular complexity index is 871. The summed E-state index contributed by atoms with van der Waals surface area (Å²) in [5.41, 5.74) is 3.44. The van der Waals surface area contributed by atoms with Crippen molar-refractivity contribution in [1.29, 1.82) is 0 Å². The first kappa shape index (κ1) is 15.9. The number of hydrogen-bond acceptors (Lipinski definition) is 2. The van der Waals surface area contributed by atoms with Gasteiger partial charge in [-0.1, -0.05) is 48.5 Å². The molecule has 1 fully saturated rings. The van der Waals surface area contributed by atoms with Crippen LogP contribution in [0.3, 0.4) is 0 Å². The third kappa shape index (κ3) is 3.17. The normalized spacial score (nSPS) is 18.6. The predicted molar refractivity (Wildman–Crippen MR) is 100 cm³/mol. The number of aromatic amines is 1. The average Bonchev–Trinajstić information content (AvgIpc) is 3.06. The topological polar surface area (TPSA) is 39.3 Å². The van der Waals surface area contributed by atoms with E-state index in [0.717, 1.165) is 36.1 Å². The zero-order chi connectivity index (χ0) is 17.2. The first-order valence-electron chi connectivity index (χ1n) is 8.80. The molecular formula is C21H23N3O. The Kier molecular flexibility index (Phi) is 4.28. The summed E-state index contributed by atoms with van der Waals surface area (Å²) in [7, 11) is 2.14. The number of carbonyl (C=O) groups is 1. The van der Waals surface area contributed by atoms with E-state index in [9.17, 15) is 4.79 Å². The smallest absolute Gasteiger partial charge is 0.227 e. The van der Waals surface area contributed by atoms with Crippen LogP contribution in [0.1, 0.15) is 17.2 Å². The summed E-state index contributed by atoms with van der Waals surface area (Å²) in [5.74, 6) is 0.207. The lowest BCUT2D eigenvalue weighted by Gasteiger charge is -2.39. The van der Waals surface area contributed by atoms with Crippen LogP contribution in [0.25, 0.3) is 10.9 Å². The van der Waals surface area contributed by atoms with Crippen molar-refractivity contribution in [1.82, 2.24) is 14.8 Å². The Morgan fingerprint density at radius 1 is 1.08 bits per heavy atom. The number of H-pyrrole nitrogens is 1. The molecule has 1 atom stereocenters. The monoisotopic (exact) mass is 333 g/mol. The number of fused-ring (bicyclic) bond motifs is 1. The van der Waals surface area contributed by atoms with E-state index in [4.69, 9.17) is 0 Å². The van der Waals surface area contributed by atoms with E-state index in [1.165, 1.54) is 5.56 Å². The molecule has 2 aromatic carbocycles. The second-order valence-corrected chi connectivity index (χ2v) is 6.78. The van der Waals surface area contributed by atoms with Gasteiger partial charge in [0.05, 0.1) is 12.5 Å². The molecule has 2 heterocycles. The third-order valence-corrected chi connectivity index (χ3v) is 5.20. The molecule has 1 aliphatic rings. The molecule has 1 N–H and O–H groups in total. The summed E-state index contributed by atoms with van der Waals surface area (Å²) in [6.45, 7) is 2.45. The van der Waals surface area contributed by atoms with E-state index in [1.807, 2.05) is 35.4 Å². The molecule has 4 rings (SSSR count). The van der Waals surface area contributed by atoms with E-state index in [2.05, 4.69) is 47.3 Å². The van der Waals surface area contributed by atoms with E-state index in [1.54, 1.807) is 0 Å². The zero-order valence-corrected chi connectivity index (χ0v) is 14.5. The molecule has 3 aromatic rings. The number of aromatic nitrogens is 1. The number of nitrogens with one attached hydrogen (secondary N) is 1. The number of nitrogens with zero attached hydrogens (tertiary/aromatic N) is 2.